The fraction of sp³-hybridized carbons (Fsp3) is 0.549. The monoisotopic (exact) mass is 972 g/mol. The number of fused-ring (bicyclic) bond motifs is 5. The van der Waals surface area contributed by atoms with Crippen LogP contribution in [0.3, 0.4) is 0 Å². The number of aromatic nitrogens is 4. The van der Waals surface area contributed by atoms with Crippen LogP contribution in [0.4, 0.5) is 25.4 Å². The molecule has 4 N–H and O–H groups in total. The molecular formula is C51H58F2N12O4S. The number of imide groups is 1. The minimum atomic E-state index is -0.622. The van der Waals surface area contributed by atoms with Gasteiger partial charge in [0.15, 0.2) is 10.9 Å². The molecule has 70 heavy (non-hydrogen) atoms. The first kappa shape index (κ1) is 44.3. The SMILES string of the molecule is Nc1nc2c(-c3ncc4c(N5CC6CCC(C5)N6)nc(OCC5(CN6CCC7(CC6)CC(CN6CCN(c8ccc9c(c8)CN([C@H]8CCC(=O)NC8=O)C9=O)CC6)C7)CC5)nc4c3F)ccc(F)c2s1. The standard InChI is InChI=1S/C51H58F2N12O4S/c52-37-6-5-35(43-44(37)70-48(54)58-43)41-40(53)42-36(22-55-41)45(64-25-31-1-2-32(26-64)56-31)60-49(59-42)69-28-51(9-10-51)27-62-13-11-50(12-14-62)20-29(21-50)23-61-15-17-63(18-16-61)33-3-4-34-30(19-33)24-65(47(34)68)38-7-8-39(66)57-46(38)67/h3-6,19,22,29,31-32,38,56H,1-2,7-18,20-21,23-28H2,(H2,54,58)(H,57,66,67)/t31?,32?,38-/m0/s1. The molecule has 2 bridgehead atoms. The molecular weight excluding hydrogens is 915 g/mol. The van der Waals surface area contributed by atoms with Crippen molar-refractivity contribution >= 4 is 66.8 Å². The number of nitrogen functional groups attached to an aromatic ring is 1. The molecule has 13 rings (SSSR count). The second kappa shape index (κ2) is 17.0. The number of carbonyl (C=O) groups excluding carboxylic acids is 3. The van der Waals surface area contributed by atoms with E-state index in [0.717, 1.165) is 120 Å². The average molecular weight is 973 g/mol. The van der Waals surface area contributed by atoms with Crippen LogP contribution in [0.15, 0.2) is 36.5 Å². The second-order valence-electron chi connectivity index (χ2n) is 21.7. The second-order valence-corrected chi connectivity index (χ2v) is 22.8. The van der Waals surface area contributed by atoms with Crippen LogP contribution in [0.2, 0.25) is 0 Å². The number of ether oxygens (including phenoxy) is 1. The van der Waals surface area contributed by atoms with Crippen LogP contribution in [0.5, 0.6) is 6.01 Å². The third-order valence-electron chi connectivity index (χ3n) is 17.1. The zero-order valence-electron chi connectivity index (χ0n) is 39.2. The number of rotatable bonds is 11. The van der Waals surface area contributed by atoms with Crippen molar-refractivity contribution in [3.63, 3.8) is 0 Å². The number of piperazine rings is 2. The molecule has 19 heteroatoms. The van der Waals surface area contributed by atoms with Crippen LogP contribution >= 0.6 is 11.3 Å². The first-order chi connectivity index (χ1) is 33.9. The number of hydrogen-bond donors (Lipinski definition) is 3. The molecule has 366 valence electrons. The zero-order chi connectivity index (χ0) is 47.5. The summed E-state index contributed by atoms with van der Waals surface area (Å²) in [5, 5.41) is 6.79. The van der Waals surface area contributed by atoms with Crippen LogP contribution in [0.1, 0.15) is 80.1 Å². The van der Waals surface area contributed by atoms with Gasteiger partial charge in [-0.25, -0.2) is 13.8 Å². The maximum absolute atomic E-state index is 16.9. The summed E-state index contributed by atoms with van der Waals surface area (Å²) in [7, 11) is 0. The number of amides is 3. The van der Waals surface area contributed by atoms with Crippen molar-refractivity contribution in [1.82, 2.24) is 45.3 Å². The Hall–Kier alpha value is -5.63. The Bertz CT molecular complexity index is 2930. The van der Waals surface area contributed by atoms with E-state index in [-0.39, 0.29) is 62.1 Å². The Morgan fingerprint density at radius 3 is 2.37 bits per heavy atom. The van der Waals surface area contributed by atoms with Crippen molar-refractivity contribution in [2.45, 2.75) is 88.9 Å². The maximum Gasteiger partial charge on any atom is 0.319 e. The summed E-state index contributed by atoms with van der Waals surface area (Å²) < 4.78 is 38.4. The van der Waals surface area contributed by atoms with E-state index in [1.165, 1.54) is 37.8 Å². The van der Waals surface area contributed by atoms with Crippen LogP contribution < -0.4 is 30.9 Å². The number of halogens is 2. The number of carbonyl (C=O) groups is 3. The molecule has 3 aromatic heterocycles. The van der Waals surface area contributed by atoms with Gasteiger partial charge in [-0.3, -0.25) is 29.6 Å². The van der Waals surface area contributed by atoms with Gasteiger partial charge in [0.1, 0.15) is 28.9 Å². The quantitative estimate of drug-likeness (QED) is 0.145. The third kappa shape index (κ3) is 8.00. The number of benzene rings is 2. The summed E-state index contributed by atoms with van der Waals surface area (Å²) >= 11 is 1.03. The maximum atomic E-state index is 16.9. The molecule has 8 aliphatic rings. The van der Waals surface area contributed by atoms with Crippen molar-refractivity contribution in [2.75, 3.05) is 87.6 Å². The van der Waals surface area contributed by atoms with E-state index < -0.39 is 17.7 Å². The number of thiazole rings is 1. The molecule has 5 aromatic rings. The smallest absolute Gasteiger partial charge is 0.319 e. The average Bonchev–Trinajstić information content (AvgIpc) is 3.68. The Morgan fingerprint density at radius 2 is 1.61 bits per heavy atom. The van der Waals surface area contributed by atoms with Crippen molar-refractivity contribution < 1.29 is 27.9 Å². The lowest BCUT2D eigenvalue weighted by molar-refractivity contribution is -0.136. The van der Waals surface area contributed by atoms with Gasteiger partial charge in [0.05, 0.1) is 22.2 Å². The number of likely N-dealkylation sites (tertiary alicyclic amines) is 1. The molecule has 2 saturated carbocycles. The molecule has 16 nitrogen and oxygen atoms in total. The van der Waals surface area contributed by atoms with Crippen molar-refractivity contribution in [1.29, 1.82) is 0 Å². The highest BCUT2D eigenvalue weighted by atomic mass is 32.1. The number of nitrogens with zero attached hydrogens (tertiary/aromatic N) is 9. The van der Waals surface area contributed by atoms with E-state index in [1.54, 1.807) is 11.1 Å². The number of hydrogen-bond acceptors (Lipinski definition) is 15. The molecule has 2 aliphatic carbocycles. The van der Waals surface area contributed by atoms with Gasteiger partial charge in [-0.1, -0.05) is 11.3 Å². The highest BCUT2D eigenvalue weighted by molar-refractivity contribution is 7.22. The number of pyridine rings is 1. The van der Waals surface area contributed by atoms with Crippen LogP contribution in [-0.4, -0.2) is 143 Å². The number of piperidine rings is 2. The fourth-order valence-corrected chi connectivity index (χ4v) is 13.8. The van der Waals surface area contributed by atoms with Crippen molar-refractivity contribution in [2.24, 2.45) is 16.7 Å². The first-order valence-corrected chi connectivity index (χ1v) is 26.1. The van der Waals surface area contributed by atoms with Gasteiger partial charge in [-0.15, -0.1) is 0 Å². The Kier molecular flexibility index (Phi) is 10.8. The highest BCUT2D eigenvalue weighted by Gasteiger charge is 2.50. The normalized spacial score (nSPS) is 25.5. The predicted octanol–water partition coefficient (Wildman–Crippen LogP) is 5.34. The molecule has 0 radical (unpaired) electrons. The molecule has 9 heterocycles. The van der Waals surface area contributed by atoms with E-state index in [4.69, 9.17) is 20.4 Å². The summed E-state index contributed by atoms with van der Waals surface area (Å²) in [6.45, 7) is 10.6. The van der Waals surface area contributed by atoms with Gasteiger partial charge in [-0.05, 0) is 118 Å². The Morgan fingerprint density at radius 1 is 0.843 bits per heavy atom. The minimum absolute atomic E-state index is 0.0149. The molecule has 6 aliphatic heterocycles. The van der Waals surface area contributed by atoms with Gasteiger partial charge in [0, 0.05) is 106 Å². The van der Waals surface area contributed by atoms with Crippen molar-refractivity contribution in [3.8, 4) is 17.3 Å². The largest absolute Gasteiger partial charge is 0.463 e. The molecule has 3 amide bonds. The van der Waals surface area contributed by atoms with Gasteiger partial charge in [-0.2, -0.15) is 9.97 Å². The summed E-state index contributed by atoms with van der Waals surface area (Å²) in [6.07, 6.45) is 11.6. The molecule has 7 fully saturated rings. The van der Waals surface area contributed by atoms with Gasteiger partial charge >= 0.3 is 6.01 Å². The lowest BCUT2D eigenvalue weighted by Gasteiger charge is -2.54. The van der Waals surface area contributed by atoms with Gasteiger partial charge in [0.25, 0.3) is 5.91 Å². The van der Waals surface area contributed by atoms with E-state index in [9.17, 15) is 18.8 Å². The Balaban J connectivity index is 0.613. The number of anilines is 3. The third-order valence-corrected chi connectivity index (χ3v) is 18.0. The summed E-state index contributed by atoms with van der Waals surface area (Å²) in [4.78, 5) is 67.6. The topological polar surface area (TPSA) is 178 Å². The Labute approximate surface area is 408 Å². The summed E-state index contributed by atoms with van der Waals surface area (Å²) in [6, 6.07) is 9.10. The van der Waals surface area contributed by atoms with Crippen LogP contribution in [0, 0.1) is 28.4 Å². The predicted molar refractivity (Wildman–Crippen MR) is 262 cm³/mol. The number of nitrogens with one attached hydrogen (secondary N) is 2. The van der Waals surface area contributed by atoms with Crippen molar-refractivity contribution in [3.05, 3.63) is 59.3 Å². The van der Waals surface area contributed by atoms with E-state index in [2.05, 4.69) is 46.3 Å². The highest BCUT2D eigenvalue weighted by Crippen LogP contribution is 2.54. The molecule has 3 atom stereocenters. The fourth-order valence-electron chi connectivity index (χ4n) is 13.1. The van der Waals surface area contributed by atoms with Gasteiger partial charge in [0.2, 0.25) is 11.8 Å². The summed E-state index contributed by atoms with van der Waals surface area (Å²) in [5.41, 5.74) is 9.95. The molecule has 1 spiro atoms. The lowest BCUT2D eigenvalue weighted by Crippen LogP contribution is -2.53. The molecule has 2 unspecified atom stereocenters. The van der Waals surface area contributed by atoms with Crippen LogP contribution in [-0.2, 0) is 16.1 Å². The minimum Gasteiger partial charge on any atom is -0.463 e. The molecule has 5 saturated heterocycles. The number of nitrogens with two attached hydrogens (primary N) is 1. The molecule has 2 aromatic carbocycles. The van der Waals surface area contributed by atoms with E-state index >= 15 is 4.39 Å². The van der Waals surface area contributed by atoms with E-state index in [1.807, 2.05) is 12.1 Å². The lowest BCUT2D eigenvalue weighted by atomic mass is 9.57. The first-order valence-electron chi connectivity index (χ1n) is 25.3. The van der Waals surface area contributed by atoms with Gasteiger partial charge < -0.3 is 35.4 Å². The van der Waals surface area contributed by atoms with E-state index in [0.29, 0.717) is 59.4 Å². The zero-order valence-corrected chi connectivity index (χ0v) is 40.0. The van der Waals surface area contributed by atoms with Crippen LogP contribution in [0.25, 0.3) is 32.4 Å². The summed E-state index contributed by atoms with van der Waals surface area (Å²) in [5.74, 6) is -0.518.